The molecule has 4 N–H and O–H groups in total. The summed E-state index contributed by atoms with van der Waals surface area (Å²) >= 11 is 2.53. The van der Waals surface area contributed by atoms with Gasteiger partial charge >= 0.3 is 8.25 Å². The highest BCUT2D eigenvalue weighted by atomic mass is 32.1. The zero-order valence-corrected chi connectivity index (χ0v) is 10.6. The third-order valence-electron chi connectivity index (χ3n) is 1.67. The summed E-state index contributed by atoms with van der Waals surface area (Å²) in [6.45, 7) is 0. The largest absolute Gasteiger partial charge is 0.420 e. The maximum Gasteiger partial charge on any atom is 0.420 e. The first-order valence-electron chi connectivity index (χ1n) is 4.22. The molecule has 2 aromatic rings. The molecule has 16 heavy (non-hydrogen) atoms. The highest BCUT2D eigenvalue weighted by Crippen LogP contribution is 2.40. The zero-order chi connectivity index (χ0) is 11.5. The SMILES string of the molecule is Nc1ccsc1O[PH](=O)Oc1sccc1N. The number of rotatable bonds is 4. The van der Waals surface area contributed by atoms with Crippen molar-refractivity contribution in [1.82, 2.24) is 0 Å². The van der Waals surface area contributed by atoms with Gasteiger partial charge in [0.2, 0.25) is 10.1 Å². The summed E-state index contributed by atoms with van der Waals surface area (Å²) in [6, 6.07) is 3.35. The molecule has 0 bridgehead atoms. The van der Waals surface area contributed by atoms with Crippen LogP contribution >= 0.6 is 30.9 Å². The van der Waals surface area contributed by atoms with Crippen molar-refractivity contribution in [2.24, 2.45) is 0 Å². The number of nitrogen functional groups attached to an aromatic ring is 2. The topological polar surface area (TPSA) is 87.6 Å². The van der Waals surface area contributed by atoms with Crippen molar-refractivity contribution in [1.29, 1.82) is 0 Å². The molecule has 2 rings (SSSR count). The van der Waals surface area contributed by atoms with E-state index in [1.54, 1.807) is 22.9 Å². The minimum atomic E-state index is -2.67. The molecule has 0 amide bonds. The maximum atomic E-state index is 11.5. The van der Waals surface area contributed by atoms with Crippen molar-refractivity contribution in [3.8, 4) is 10.1 Å². The van der Waals surface area contributed by atoms with Gasteiger partial charge in [-0.1, -0.05) is 0 Å². The van der Waals surface area contributed by atoms with Gasteiger partial charge in [0.25, 0.3) is 0 Å². The van der Waals surface area contributed by atoms with E-state index in [9.17, 15) is 4.57 Å². The van der Waals surface area contributed by atoms with E-state index in [2.05, 4.69) is 0 Å². The molecule has 8 heteroatoms. The summed E-state index contributed by atoms with van der Waals surface area (Å²) in [7, 11) is -2.67. The normalized spacial score (nSPS) is 10.6. The van der Waals surface area contributed by atoms with E-state index >= 15 is 0 Å². The molecule has 2 aromatic heterocycles. The van der Waals surface area contributed by atoms with Crippen molar-refractivity contribution in [2.45, 2.75) is 0 Å². The number of hydrogen-bond acceptors (Lipinski definition) is 7. The van der Waals surface area contributed by atoms with Crippen LogP contribution in [0.5, 0.6) is 10.1 Å². The molecule has 0 atom stereocenters. The Morgan fingerprint density at radius 3 is 1.75 bits per heavy atom. The van der Waals surface area contributed by atoms with Gasteiger partial charge in [-0.3, -0.25) is 0 Å². The fraction of sp³-hybridized carbons (Fsp3) is 0. The Morgan fingerprint density at radius 1 is 1.00 bits per heavy atom. The van der Waals surface area contributed by atoms with Crippen molar-refractivity contribution in [3.05, 3.63) is 22.9 Å². The molecule has 0 aliphatic carbocycles. The second-order valence-electron chi connectivity index (χ2n) is 2.78. The van der Waals surface area contributed by atoms with E-state index in [0.717, 1.165) is 0 Å². The lowest BCUT2D eigenvalue weighted by Gasteiger charge is -2.05. The lowest BCUT2D eigenvalue weighted by molar-refractivity contribution is 0.425. The van der Waals surface area contributed by atoms with Crippen LogP contribution in [0.15, 0.2) is 22.9 Å². The molecule has 0 aliphatic rings. The van der Waals surface area contributed by atoms with E-state index in [0.29, 0.717) is 21.5 Å². The van der Waals surface area contributed by atoms with Crippen LogP contribution in [0.25, 0.3) is 0 Å². The fourth-order valence-corrected chi connectivity index (χ4v) is 3.41. The molecule has 86 valence electrons. The fourth-order valence-electron chi connectivity index (χ4n) is 0.949. The van der Waals surface area contributed by atoms with Gasteiger partial charge in [-0.15, -0.1) is 22.7 Å². The van der Waals surface area contributed by atoms with Crippen LogP contribution in [0.3, 0.4) is 0 Å². The van der Waals surface area contributed by atoms with Crippen LogP contribution in [0, 0.1) is 0 Å². The molecule has 0 saturated heterocycles. The first kappa shape index (κ1) is 11.3. The molecule has 0 fully saturated rings. The van der Waals surface area contributed by atoms with Gasteiger partial charge in [-0.25, -0.2) is 4.57 Å². The van der Waals surface area contributed by atoms with Gasteiger partial charge in [-0.2, -0.15) is 0 Å². The van der Waals surface area contributed by atoms with E-state index in [4.69, 9.17) is 20.5 Å². The summed E-state index contributed by atoms with van der Waals surface area (Å²) in [5.41, 5.74) is 12.1. The molecule has 0 aliphatic heterocycles. The molecule has 5 nitrogen and oxygen atoms in total. The lowest BCUT2D eigenvalue weighted by atomic mass is 10.5. The first-order valence-corrected chi connectivity index (χ1v) is 7.21. The smallest absolute Gasteiger partial charge is 0.405 e. The van der Waals surface area contributed by atoms with E-state index in [1.807, 2.05) is 0 Å². The molecular weight excluding hydrogens is 267 g/mol. The van der Waals surface area contributed by atoms with E-state index in [-0.39, 0.29) is 0 Å². The molecule has 0 aromatic carbocycles. The van der Waals surface area contributed by atoms with Gasteiger partial charge in [0, 0.05) is 0 Å². The molecular formula is C8H9N2O3PS2. The highest BCUT2D eigenvalue weighted by Gasteiger charge is 2.10. The Balaban J connectivity index is 2.00. The quantitative estimate of drug-likeness (QED) is 0.838. The van der Waals surface area contributed by atoms with Crippen LogP contribution < -0.4 is 20.5 Å². The third-order valence-corrected chi connectivity index (χ3v) is 4.32. The van der Waals surface area contributed by atoms with Gasteiger partial charge in [-0.05, 0) is 22.9 Å². The Kier molecular flexibility index (Phi) is 3.38. The first-order chi connectivity index (χ1) is 7.66. The van der Waals surface area contributed by atoms with Gasteiger partial charge in [0.15, 0.2) is 0 Å². The van der Waals surface area contributed by atoms with Crippen LogP contribution in [0.1, 0.15) is 0 Å². The summed E-state index contributed by atoms with van der Waals surface area (Å²) in [5, 5.41) is 4.30. The van der Waals surface area contributed by atoms with Crippen molar-refractivity contribution in [3.63, 3.8) is 0 Å². The van der Waals surface area contributed by atoms with E-state index < -0.39 is 8.25 Å². The second kappa shape index (κ2) is 4.78. The number of nitrogens with two attached hydrogens (primary N) is 2. The number of anilines is 2. The Morgan fingerprint density at radius 2 is 1.44 bits per heavy atom. The van der Waals surface area contributed by atoms with Crippen LogP contribution in [0.4, 0.5) is 11.4 Å². The molecule has 0 saturated carbocycles. The summed E-state index contributed by atoms with van der Waals surface area (Å²) in [5.74, 6) is 0. The molecule has 0 spiro atoms. The average Bonchev–Trinajstić information content (AvgIpc) is 2.79. The average molecular weight is 276 g/mol. The lowest BCUT2D eigenvalue weighted by Crippen LogP contribution is -1.91. The standard InChI is InChI=1S/C8H9N2O3PS2/c9-5-1-3-15-7(5)12-14(11)13-8-6(10)2-4-16-8/h1-4,14H,9-10H2. The number of hydrogen-bond donors (Lipinski definition) is 2. The van der Waals surface area contributed by atoms with Crippen LogP contribution in [-0.2, 0) is 4.57 Å². The van der Waals surface area contributed by atoms with Gasteiger partial charge in [0.1, 0.15) is 0 Å². The Bertz CT molecular complexity index is 467. The highest BCUT2D eigenvalue weighted by molar-refractivity contribution is 7.35. The molecule has 0 unspecified atom stereocenters. The van der Waals surface area contributed by atoms with Crippen molar-refractivity contribution in [2.75, 3.05) is 11.5 Å². The van der Waals surface area contributed by atoms with Crippen molar-refractivity contribution >= 4 is 42.3 Å². The van der Waals surface area contributed by atoms with Crippen molar-refractivity contribution < 1.29 is 13.6 Å². The summed E-state index contributed by atoms with van der Waals surface area (Å²) in [4.78, 5) is 0. The second-order valence-corrected chi connectivity index (χ2v) is 5.45. The van der Waals surface area contributed by atoms with Gasteiger partial charge in [0.05, 0.1) is 11.4 Å². The monoisotopic (exact) mass is 276 g/mol. The minimum absolute atomic E-state index is 0.402. The Labute approximate surface area is 101 Å². The summed E-state index contributed by atoms with van der Waals surface area (Å²) in [6.07, 6.45) is 0. The number of thiophene rings is 2. The van der Waals surface area contributed by atoms with E-state index in [1.165, 1.54) is 22.7 Å². The summed E-state index contributed by atoms with van der Waals surface area (Å²) < 4.78 is 21.7. The zero-order valence-electron chi connectivity index (χ0n) is 8.01. The van der Waals surface area contributed by atoms with Crippen LogP contribution in [0.2, 0.25) is 0 Å². The molecule has 0 radical (unpaired) electrons. The predicted octanol–water partition coefficient (Wildman–Crippen LogP) is 2.82. The third kappa shape index (κ3) is 2.49. The minimum Gasteiger partial charge on any atom is -0.405 e. The Hall–Kier alpha value is -1.17. The maximum absolute atomic E-state index is 11.5. The molecule has 2 heterocycles. The van der Waals surface area contributed by atoms with Crippen LogP contribution in [-0.4, -0.2) is 0 Å². The predicted molar refractivity (Wildman–Crippen MR) is 67.7 cm³/mol. The van der Waals surface area contributed by atoms with Gasteiger partial charge < -0.3 is 20.5 Å².